The number of carbonyl (C=O) groups is 2. The highest BCUT2D eigenvalue weighted by Crippen LogP contribution is 2.45. The van der Waals surface area contributed by atoms with Crippen LogP contribution in [0.25, 0.3) is 0 Å². The predicted octanol–water partition coefficient (Wildman–Crippen LogP) is 4.07. The van der Waals surface area contributed by atoms with Crippen molar-refractivity contribution in [3.8, 4) is 0 Å². The molecule has 0 radical (unpaired) electrons. The van der Waals surface area contributed by atoms with Crippen LogP contribution in [-0.2, 0) is 9.59 Å². The van der Waals surface area contributed by atoms with Crippen molar-refractivity contribution in [2.75, 3.05) is 4.90 Å². The second-order valence-corrected chi connectivity index (χ2v) is 6.93. The van der Waals surface area contributed by atoms with Gasteiger partial charge in [-0.2, -0.15) is 0 Å². The molecule has 4 rings (SSSR count). The van der Waals surface area contributed by atoms with Crippen LogP contribution in [0, 0.1) is 18.8 Å². The molecule has 2 amide bonds. The molecule has 3 nitrogen and oxygen atoms in total. The molecular weight excluding hydrogens is 298 g/mol. The Hall–Kier alpha value is -2.42. The highest BCUT2D eigenvalue weighted by Gasteiger charge is 2.50. The van der Waals surface area contributed by atoms with Crippen molar-refractivity contribution in [3.63, 3.8) is 0 Å². The predicted molar refractivity (Wildman–Crippen MR) is 93.7 cm³/mol. The largest absolute Gasteiger partial charge is 0.274 e. The summed E-state index contributed by atoms with van der Waals surface area (Å²) in [6, 6.07) is 18.0. The maximum Gasteiger partial charge on any atom is 0.237 e. The fourth-order valence-corrected chi connectivity index (χ4v) is 4.26. The summed E-state index contributed by atoms with van der Waals surface area (Å²) in [6.07, 6.45) is 2.56. The SMILES string of the molecule is Cc1ccccc1N1C(=O)C2CCC(c3ccccc3)CC2C1=O. The van der Waals surface area contributed by atoms with Gasteiger partial charge in [-0.05, 0) is 49.3 Å². The van der Waals surface area contributed by atoms with E-state index in [9.17, 15) is 9.59 Å². The Morgan fingerprint density at radius 1 is 0.833 bits per heavy atom. The Morgan fingerprint density at radius 3 is 2.25 bits per heavy atom. The van der Waals surface area contributed by atoms with Crippen LogP contribution in [0.3, 0.4) is 0 Å². The van der Waals surface area contributed by atoms with E-state index in [4.69, 9.17) is 0 Å². The number of nitrogens with zero attached hydrogens (tertiary/aromatic N) is 1. The van der Waals surface area contributed by atoms with Crippen molar-refractivity contribution in [2.24, 2.45) is 11.8 Å². The van der Waals surface area contributed by atoms with Gasteiger partial charge >= 0.3 is 0 Å². The number of fused-ring (bicyclic) bond motifs is 1. The molecule has 24 heavy (non-hydrogen) atoms. The lowest BCUT2D eigenvalue weighted by atomic mass is 9.73. The van der Waals surface area contributed by atoms with Gasteiger partial charge in [-0.1, -0.05) is 48.5 Å². The van der Waals surface area contributed by atoms with Crippen LogP contribution in [0.1, 0.15) is 36.3 Å². The molecule has 2 aromatic rings. The van der Waals surface area contributed by atoms with Gasteiger partial charge in [0.25, 0.3) is 0 Å². The lowest BCUT2D eigenvalue weighted by Gasteiger charge is -2.28. The van der Waals surface area contributed by atoms with Gasteiger partial charge in [0.2, 0.25) is 11.8 Å². The lowest BCUT2D eigenvalue weighted by Crippen LogP contribution is -2.31. The summed E-state index contributed by atoms with van der Waals surface area (Å²) >= 11 is 0. The number of hydrogen-bond donors (Lipinski definition) is 0. The number of aryl methyl sites for hydroxylation is 1. The monoisotopic (exact) mass is 319 g/mol. The Morgan fingerprint density at radius 2 is 1.50 bits per heavy atom. The van der Waals surface area contributed by atoms with Crippen LogP contribution in [0.5, 0.6) is 0 Å². The molecule has 122 valence electrons. The highest BCUT2D eigenvalue weighted by atomic mass is 16.2. The number of benzene rings is 2. The molecule has 2 fully saturated rings. The van der Waals surface area contributed by atoms with E-state index >= 15 is 0 Å². The molecule has 1 saturated heterocycles. The van der Waals surface area contributed by atoms with Gasteiger partial charge in [0, 0.05) is 0 Å². The van der Waals surface area contributed by atoms with Crippen molar-refractivity contribution in [3.05, 3.63) is 65.7 Å². The molecule has 1 aliphatic carbocycles. The second kappa shape index (κ2) is 5.90. The van der Waals surface area contributed by atoms with Gasteiger partial charge in [0.15, 0.2) is 0 Å². The first-order chi connectivity index (χ1) is 11.7. The minimum atomic E-state index is -0.170. The van der Waals surface area contributed by atoms with E-state index < -0.39 is 0 Å². The van der Waals surface area contributed by atoms with E-state index in [0.29, 0.717) is 5.92 Å². The zero-order valence-electron chi connectivity index (χ0n) is 13.8. The van der Waals surface area contributed by atoms with Crippen LogP contribution >= 0.6 is 0 Å². The van der Waals surface area contributed by atoms with Gasteiger partial charge in [-0.3, -0.25) is 9.59 Å². The Labute approximate surface area is 142 Å². The zero-order valence-corrected chi connectivity index (χ0v) is 13.8. The molecule has 2 aliphatic rings. The van der Waals surface area contributed by atoms with Gasteiger partial charge in [0.1, 0.15) is 0 Å². The molecule has 3 unspecified atom stereocenters. The first-order valence-corrected chi connectivity index (χ1v) is 8.65. The topological polar surface area (TPSA) is 37.4 Å². The number of amides is 2. The van der Waals surface area contributed by atoms with E-state index in [2.05, 4.69) is 12.1 Å². The molecule has 0 N–H and O–H groups in total. The van der Waals surface area contributed by atoms with Gasteiger partial charge in [-0.15, -0.1) is 0 Å². The lowest BCUT2D eigenvalue weighted by molar-refractivity contribution is -0.122. The fraction of sp³-hybridized carbons (Fsp3) is 0.333. The molecule has 0 bridgehead atoms. The molecule has 1 aliphatic heterocycles. The summed E-state index contributed by atoms with van der Waals surface area (Å²) in [6.45, 7) is 1.95. The van der Waals surface area contributed by atoms with E-state index in [-0.39, 0.29) is 23.7 Å². The van der Waals surface area contributed by atoms with Gasteiger partial charge < -0.3 is 0 Å². The van der Waals surface area contributed by atoms with E-state index in [0.717, 1.165) is 30.5 Å². The zero-order chi connectivity index (χ0) is 16.7. The average molecular weight is 319 g/mol. The number of carbonyl (C=O) groups excluding carboxylic acids is 2. The van der Waals surface area contributed by atoms with E-state index in [1.165, 1.54) is 10.5 Å². The van der Waals surface area contributed by atoms with Gasteiger partial charge in [0.05, 0.1) is 17.5 Å². The van der Waals surface area contributed by atoms with Crippen LogP contribution in [0.4, 0.5) is 5.69 Å². The third-order valence-electron chi connectivity index (χ3n) is 5.55. The number of anilines is 1. The third-order valence-corrected chi connectivity index (χ3v) is 5.55. The minimum Gasteiger partial charge on any atom is -0.274 e. The number of hydrogen-bond acceptors (Lipinski definition) is 2. The van der Waals surface area contributed by atoms with E-state index in [1.807, 2.05) is 49.4 Å². The molecule has 1 heterocycles. The van der Waals surface area contributed by atoms with Crippen molar-refractivity contribution >= 4 is 17.5 Å². The number of para-hydroxylation sites is 1. The van der Waals surface area contributed by atoms with E-state index in [1.54, 1.807) is 0 Å². The van der Waals surface area contributed by atoms with Crippen molar-refractivity contribution in [1.82, 2.24) is 0 Å². The Kier molecular flexibility index (Phi) is 3.72. The van der Waals surface area contributed by atoms with Crippen molar-refractivity contribution in [1.29, 1.82) is 0 Å². The molecule has 0 aromatic heterocycles. The van der Waals surface area contributed by atoms with Crippen LogP contribution in [-0.4, -0.2) is 11.8 Å². The minimum absolute atomic E-state index is 0.00851. The fourth-order valence-electron chi connectivity index (χ4n) is 4.26. The molecule has 1 saturated carbocycles. The summed E-state index contributed by atoms with van der Waals surface area (Å²) in [4.78, 5) is 27.3. The van der Waals surface area contributed by atoms with Crippen molar-refractivity contribution < 1.29 is 9.59 Å². The number of rotatable bonds is 2. The maximum absolute atomic E-state index is 13.0. The molecule has 0 spiro atoms. The Balaban J connectivity index is 1.63. The third kappa shape index (κ3) is 2.35. The molecule has 3 atom stereocenters. The summed E-state index contributed by atoms with van der Waals surface area (Å²) in [5, 5.41) is 0. The highest BCUT2D eigenvalue weighted by molar-refractivity contribution is 6.22. The van der Waals surface area contributed by atoms with Crippen LogP contribution in [0.15, 0.2) is 54.6 Å². The summed E-state index contributed by atoms with van der Waals surface area (Å²) in [7, 11) is 0. The van der Waals surface area contributed by atoms with Gasteiger partial charge in [-0.25, -0.2) is 4.90 Å². The van der Waals surface area contributed by atoms with Crippen LogP contribution < -0.4 is 4.90 Å². The summed E-state index contributed by atoms with van der Waals surface area (Å²) < 4.78 is 0. The molecular formula is C21H21NO2. The smallest absolute Gasteiger partial charge is 0.237 e. The summed E-state index contributed by atoms with van der Waals surface area (Å²) in [5.41, 5.74) is 3.00. The normalized spacial score (nSPS) is 26.5. The summed E-state index contributed by atoms with van der Waals surface area (Å²) in [5.74, 6) is 0.0416. The number of imide groups is 1. The Bertz CT molecular complexity index is 783. The first kappa shape index (κ1) is 15.1. The molecule has 2 aromatic carbocycles. The molecule has 3 heteroatoms. The second-order valence-electron chi connectivity index (χ2n) is 6.93. The quantitative estimate of drug-likeness (QED) is 0.783. The first-order valence-electron chi connectivity index (χ1n) is 8.65. The van der Waals surface area contributed by atoms with Crippen LogP contribution in [0.2, 0.25) is 0 Å². The average Bonchev–Trinajstić information content (AvgIpc) is 2.87. The van der Waals surface area contributed by atoms with Crippen molar-refractivity contribution in [2.45, 2.75) is 32.1 Å². The maximum atomic E-state index is 13.0. The standard InChI is InChI=1S/C21H21NO2/c1-14-7-5-6-10-19(14)22-20(23)17-12-11-16(13-18(17)21(22)24)15-8-3-2-4-9-15/h2-10,16-18H,11-13H2,1H3.